The molecule has 112 valence electrons. The topological polar surface area (TPSA) is 60.2 Å². The number of alkyl halides is 3. The van der Waals surface area contributed by atoms with Gasteiger partial charge in [-0.3, -0.25) is 4.79 Å². The van der Waals surface area contributed by atoms with Crippen molar-refractivity contribution < 1.29 is 22.7 Å². The van der Waals surface area contributed by atoms with E-state index in [4.69, 9.17) is 4.74 Å². The van der Waals surface area contributed by atoms with Crippen LogP contribution in [0.25, 0.3) is 0 Å². The number of rotatable bonds is 3. The Morgan fingerprint density at radius 2 is 2.05 bits per heavy atom. The highest BCUT2D eigenvalue weighted by molar-refractivity contribution is 5.77. The number of ether oxygens (including phenoxy) is 1. The fourth-order valence-corrected chi connectivity index (χ4v) is 1.91. The van der Waals surface area contributed by atoms with E-state index < -0.39 is 12.0 Å². The largest absolute Gasteiger partial charge is 0.451 e. The van der Waals surface area contributed by atoms with Gasteiger partial charge in [0.2, 0.25) is 11.7 Å². The molecule has 2 rings (SSSR count). The predicted molar refractivity (Wildman–Crippen MR) is 61.5 cm³/mol. The summed E-state index contributed by atoms with van der Waals surface area (Å²) < 4.78 is 44.1. The van der Waals surface area contributed by atoms with Crippen molar-refractivity contribution in [1.29, 1.82) is 0 Å². The molecule has 0 saturated heterocycles. The molecule has 1 aliphatic heterocycles. The fourth-order valence-electron chi connectivity index (χ4n) is 1.91. The lowest BCUT2D eigenvalue weighted by atomic mass is 10.3. The number of halogens is 3. The lowest BCUT2D eigenvalue weighted by Crippen LogP contribution is -2.41. The summed E-state index contributed by atoms with van der Waals surface area (Å²) in [4.78, 5) is 13.3. The molecule has 1 aromatic rings. The van der Waals surface area contributed by atoms with Gasteiger partial charge in [-0.25, -0.2) is 0 Å². The zero-order chi connectivity index (χ0) is 14.9. The first-order valence-electron chi connectivity index (χ1n) is 6.17. The maximum Gasteiger partial charge on any atom is 0.451 e. The standard InChI is InChI=1S/C11H15F3N4O2/c1-7(2)20-6-9(19)17-3-4-18-8(5-17)15-16-10(18)11(12,13)14/h7H,3-6H2,1-2H3. The van der Waals surface area contributed by atoms with Crippen LogP contribution in [0.2, 0.25) is 0 Å². The number of hydrogen-bond donors (Lipinski definition) is 0. The second-order valence-corrected chi connectivity index (χ2v) is 4.76. The van der Waals surface area contributed by atoms with Gasteiger partial charge in [-0.1, -0.05) is 0 Å². The number of fused-ring (bicyclic) bond motifs is 1. The second-order valence-electron chi connectivity index (χ2n) is 4.76. The molecule has 0 spiro atoms. The molecule has 0 saturated carbocycles. The van der Waals surface area contributed by atoms with Crippen molar-refractivity contribution in [2.24, 2.45) is 0 Å². The van der Waals surface area contributed by atoms with Gasteiger partial charge >= 0.3 is 6.18 Å². The number of carbonyl (C=O) groups excluding carboxylic acids is 1. The van der Waals surface area contributed by atoms with Gasteiger partial charge in [0, 0.05) is 13.1 Å². The van der Waals surface area contributed by atoms with Gasteiger partial charge in [0.15, 0.2) is 5.82 Å². The van der Waals surface area contributed by atoms with E-state index in [0.29, 0.717) is 0 Å². The normalized spacial score (nSPS) is 15.6. The first-order chi connectivity index (χ1) is 9.29. The molecule has 0 atom stereocenters. The molecule has 0 aromatic carbocycles. The van der Waals surface area contributed by atoms with Crippen molar-refractivity contribution >= 4 is 5.91 Å². The maximum atomic E-state index is 12.7. The third-order valence-corrected chi connectivity index (χ3v) is 2.90. The number of amides is 1. The summed E-state index contributed by atoms with van der Waals surface area (Å²) in [7, 11) is 0. The Labute approximate surface area is 113 Å². The third-order valence-electron chi connectivity index (χ3n) is 2.90. The lowest BCUT2D eigenvalue weighted by molar-refractivity contribution is -0.148. The molecule has 0 radical (unpaired) electrons. The van der Waals surface area contributed by atoms with Crippen LogP contribution < -0.4 is 0 Å². The molecule has 0 bridgehead atoms. The molecule has 0 aliphatic carbocycles. The minimum atomic E-state index is -4.53. The van der Waals surface area contributed by atoms with Crippen molar-refractivity contribution in [3.05, 3.63) is 11.6 Å². The number of aromatic nitrogens is 3. The summed E-state index contributed by atoms with van der Waals surface area (Å²) >= 11 is 0. The Balaban J connectivity index is 2.05. The zero-order valence-corrected chi connectivity index (χ0v) is 11.1. The van der Waals surface area contributed by atoms with E-state index in [0.717, 1.165) is 4.57 Å². The van der Waals surface area contributed by atoms with Crippen LogP contribution in [-0.2, 0) is 28.8 Å². The van der Waals surface area contributed by atoms with Crippen molar-refractivity contribution in [2.45, 2.75) is 39.2 Å². The predicted octanol–water partition coefficient (Wildman–Crippen LogP) is 1.06. The van der Waals surface area contributed by atoms with Gasteiger partial charge in [-0.05, 0) is 13.8 Å². The molecule has 0 N–H and O–H groups in total. The Kier molecular flexibility index (Phi) is 3.98. The molecule has 1 amide bonds. The Bertz CT molecular complexity index is 498. The summed E-state index contributed by atoms with van der Waals surface area (Å²) in [6, 6.07) is 0. The van der Waals surface area contributed by atoms with E-state index in [1.54, 1.807) is 13.8 Å². The molecule has 20 heavy (non-hydrogen) atoms. The molecular weight excluding hydrogens is 277 g/mol. The zero-order valence-electron chi connectivity index (χ0n) is 11.1. The molecule has 1 aromatic heterocycles. The second kappa shape index (κ2) is 5.39. The maximum absolute atomic E-state index is 12.7. The minimum absolute atomic E-state index is 0.0172. The summed E-state index contributed by atoms with van der Waals surface area (Å²) in [6.07, 6.45) is -4.61. The molecule has 9 heteroatoms. The van der Waals surface area contributed by atoms with Crippen molar-refractivity contribution in [3.63, 3.8) is 0 Å². The van der Waals surface area contributed by atoms with Gasteiger partial charge in [-0.15, -0.1) is 10.2 Å². The van der Waals surface area contributed by atoms with Crippen LogP contribution in [0.4, 0.5) is 13.2 Å². The quantitative estimate of drug-likeness (QED) is 0.836. The molecule has 0 unspecified atom stereocenters. The highest BCUT2D eigenvalue weighted by Gasteiger charge is 2.39. The first kappa shape index (κ1) is 14.8. The monoisotopic (exact) mass is 292 g/mol. The van der Waals surface area contributed by atoms with Crippen LogP contribution in [0.5, 0.6) is 0 Å². The van der Waals surface area contributed by atoms with Gasteiger partial charge in [0.1, 0.15) is 6.61 Å². The van der Waals surface area contributed by atoms with Crippen molar-refractivity contribution in [1.82, 2.24) is 19.7 Å². The van der Waals surface area contributed by atoms with Gasteiger partial charge in [-0.2, -0.15) is 13.2 Å². The van der Waals surface area contributed by atoms with Crippen LogP contribution in [0, 0.1) is 0 Å². The van der Waals surface area contributed by atoms with Gasteiger partial charge in [0.05, 0.1) is 12.6 Å². The van der Waals surface area contributed by atoms with E-state index in [-0.39, 0.29) is 44.1 Å². The SMILES string of the molecule is CC(C)OCC(=O)N1CCn2c(nnc2C(F)(F)F)C1. The summed E-state index contributed by atoms with van der Waals surface area (Å²) in [6.45, 7) is 3.76. The summed E-state index contributed by atoms with van der Waals surface area (Å²) in [5, 5.41) is 6.67. The molecule has 0 fully saturated rings. The number of nitrogens with zero attached hydrogens (tertiary/aromatic N) is 4. The average Bonchev–Trinajstić information content (AvgIpc) is 2.78. The van der Waals surface area contributed by atoms with Crippen LogP contribution >= 0.6 is 0 Å². The van der Waals surface area contributed by atoms with E-state index >= 15 is 0 Å². The summed E-state index contributed by atoms with van der Waals surface area (Å²) in [5.41, 5.74) is 0. The highest BCUT2D eigenvalue weighted by Crippen LogP contribution is 2.29. The smallest absolute Gasteiger partial charge is 0.369 e. The van der Waals surface area contributed by atoms with E-state index in [2.05, 4.69) is 10.2 Å². The van der Waals surface area contributed by atoms with E-state index in [1.807, 2.05) is 0 Å². The van der Waals surface area contributed by atoms with E-state index in [1.165, 1.54) is 4.90 Å². The average molecular weight is 292 g/mol. The molecule has 6 nitrogen and oxygen atoms in total. The van der Waals surface area contributed by atoms with Crippen molar-refractivity contribution in [2.75, 3.05) is 13.2 Å². The molecular formula is C11H15F3N4O2. The van der Waals surface area contributed by atoms with Crippen molar-refractivity contribution in [3.8, 4) is 0 Å². The molecule has 1 aliphatic rings. The van der Waals surface area contributed by atoms with Crippen LogP contribution in [0.3, 0.4) is 0 Å². The van der Waals surface area contributed by atoms with Crippen LogP contribution in [-0.4, -0.2) is 44.8 Å². The van der Waals surface area contributed by atoms with Crippen LogP contribution in [0.1, 0.15) is 25.5 Å². The lowest BCUT2D eigenvalue weighted by Gasteiger charge is -2.28. The number of hydrogen-bond acceptors (Lipinski definition) is 4. The van der Waals surface area contributed by atoms with Gasteiger partial charge in [0.25, 0.3) is 0 Å². The van der Waals surface area contributed by atoms with Gasteiger partial charge < -0.3 is 14.2 Å². The fraction of sp³-hybridized carbons (Fsp3) is 0.727. The Morgan fingerprint density at radius 1 is 1.35 bits per heavy atom. The minimum Gasteiger partial charge on any atom is -0.369 e. The number of carbonyl (C=O) groups is 1. The van der Waals surface area contributed by atoms with Crippen LogP contribution in [0.15, 0.2) is 0 Å². The summed E-state index contributed by atoms with van der Waals surface area (Å²) in [5.74, 6) is -1.14. The Morgan fingerprint density at radius 3 is 2.65 bits per heavy atom. The molecule has 2 heterocycles. The Hall–Kier alpha value is -1.64. The first-order valence-corrected chi connectivity index (χ1v) is 6.17. The third kappa shape index (κ3) is 3.09. The highest BCUT2D eigenvalue weighted by atomic mass is 19.4. The van der Waals surface area contributed by atoms with E-state index in [9.17, 15) is 18.0 Å².